The van der Waals surface area contributed by atoms with Gasteiger partial charge in [-0.2, -0.15) is 5.10 Å². The summed E-state index contributed by atoms with van der Waals surface area (Å²) in [6, 6.07) is 20.1. The van der Waals surface area contributed by atoms with Gasteiger partial charge in [-0.1, -0.05) is 23.3 Å². The van der Waals surface area contributed by atoms with E-state index in [0.717, 1.165) is 56.0 Å². The van der Waals surface area contributed by atoms with Crippen molar-refractivity contribution in [3.63, 3.8) is 0 Å². The molecule has 6 aliphatic rings. The van der Waals surface area contributed by atoms with E-state index in [9.17, 15) is 14.7 Å². The van der Waals surface area contributed by atoms with Gasteiger partial charge in [0, 0.05) is 59.5 Å². The third kappa shape index (κ3) is 5.62. The average molecular weight is 856 g/mol. The van der Waals surface area contributed by atoms with Crippen molar-refractivity contribution in [2.24, 2.45) is 42.1 Å². The summed E-state index contributed by atoms with van der Waals surface area (Å²) in [5.41, 5.74) is 4.27. The molecule has 4 amide bonds. The molecule has 1 N–H and O–H groups in total. The molecule has 5 aromatic rings. The first-order chi connectivity index (χ1) is 29.4. The second kappa shape index (κ2) is 13.9. The van der Waals surface area contributed by atoms with Crippen molar-refractivity contribution >= 4 is 73.8 Å². The Hall–Kier alpha value is -5.76. The fourth-order valence-electron chi connectivity index (χ4n) is 11.2. The molecule has 6 atom stereocenters. The van der Waals surface area contributed by atoms with Gasteiger partial charge in [0.1, 0.15) is 23.0 Å². The van der Waals surface area contributed by atoms with Gasteiger partial charge < -0.3 is 19.5 Å². The molecule has 11 rings (SSSR count). The summed E-state index contributed by atoms with van der Waals surface area (Å²) in [5, 5.41) is 17.0. The highest BCUT2D eigenvalue weighted by Gasteiger charge is 2.68. The Labute approximate surface area is 360 Å². The first kappa shape index (κ1) is 38.2. The quantitative estimate of drug-likeness (QED) is 0.140. The van der Waals surface area contributed by atoms with Crippen LogP contribution in [0.4, 0.5) is 17.2 Å². The molecule has 0 bridgehead atoms. The number of aromatic hydroxyl groups is 1. The summed E-state index contributed by atoms with van der Waals surface area (Å²) in [5.74, 6) is -3.52. The molecule has 2 aromatic heterocycles. The highest BCUT2D eigenvalue weighted by molar-refractivity contribution is 7.22. The van der Waals surface area contributed by atoms with E-state index in [-0.39, 0.29) is 35.8 Å². The minimum Gasteiger partial charge on any atom is -0.508 e. The van der Waals surface area contributed by atoms with Gasteiger partial charge in [-0.15, -0.1) is 11.3 Å². The fraction of sp³-hybridized carbons (Fsp3) is 0.340. The molecule has 3 saturated heterocycles. The van der Waals surface area contributed by atoms with E-state index in [1.807, 2.05) is 62.4 Å². The monoisotopic (exact) mass is 855 g/mol. The first-order valence-electron chi connectivity index (χ1n) is 20.7. The van der Waals surface area contributed by atoms with Crippen LogP contribution in [0.15, 0.2) is 90.2 Å². The van der Waals surface area contributed by atoms with Gasteiger partial charge in [-0.05, 0) is 110 Å². The molecule has 310 valence electrons. The molecule has 1 saturated carbocycles. The number of amides is 4. The molecule has 4 aliphatic heterocycles. The number of phenols is 1. The van der Waals surface area contributed by atoms with Crippen molar-refractivity contribution < 1.29 is 33.8 Å². The summed E-state index contributed by atoms with van der Waals surface area (Å²) in [6.07, 6.45) is 4.62. The summed E-state index contributed by atoms with van der Waals surface area (Å²) in [6.45, 7) is 6.69. The maximum atomic E-state index is 15.3. The fourth-order valence-corrected chi connectivity index (χ4v) is 12.5. The minimum atomic E-state index is -1.27. The lowest BCUT2D eigenvalue weighted by Crippen LogP contribution is -2.51. The maximum Gasteiger partial charge on any atom is 0.242 e. The Bertz CT molecular complexity index is 2800. The number of carbonyl (C=O) groups excluding carboxylic acids is 4. The summed E-state index contributed by atoms with van der Waals surface area (Å²) < 4.78 is 14.3. The van der Waals surface area contributed by atoms with E-state index in [1.54, 1.807) is 53.6 Å². The number of imide groups is 2. The van der Waals surface area contributed by atoms with Crippen LogP contribution in [0.25, 0.3) is 20.7 Å². The van der Waals surface area contributed by atoms with E-state index in [4.69, 9.17) is 26.2 Å². The number of hydrogen-bond acceptors (Lipinski definition) is 10. The number of phenolic OH excluding ortho intramolecular Hbond substituents is 1. The van der Waals surface area contributed by atoms with E-state index < -0.39 is 35.0 Å². The van der Waals surface area contributed by atoms with Crippen LogP contribution in [-0.2, 0) is 37.4 Å². The number of morpholine rings is 1. The van der Waals surface area contributed by atoms with Gasteiger partial charge in [0.25, 0.3) is 0 Å². The van der Waals surface area contributed by atoms with Crippen LogP contribution < -0.4 is 19.4 Å². The summed E-state index contributed by atoms with van der Waals surface area (Å²) in [7, 11) is 1.74. The molecule has 0 radical (unpaired) electrons. The number of allylic oxidation sites excluding steroid dienone is 3. The van der Waals surface area contributed by atoms with Gasteiger partial charge in [-0.25, -0.2) is 4.90 Å². The van der Waals surface area contributed by atoms with Crippen molar-refractivity contribution in [2.75, 3.05) is 41.0 Å². The van der Waals surface area contributed by atoms with E-state index >= 15 is 9.59 Å². The number of hydrogen-bond donors (Lipinski definition) is 1. The molecule has 6 unspecified atom stereocenters. The number of benzene rings is 3. The molecule has 61 heavy (non-hydrogen) atoms. The maximum absolute atomic E-state index is 15.3. The molecule has 3 aromatic carbocycles. The zero-order valence-corrected chi connectivity index (χ0v) is 35.3. The van der Waals surface area contributed by atoms with Gasteiger partial charge in [0.05, 0.1) is 53.2 Å². The lowest BCUT2D eigenvalue weighted by atomic mass is 9.51. The molecule has 2 aliphatic carbocycles. The Balaban J connectivity index is 0.979. The topological polar surface area (TPSA) is 135 Å². The SMILES string of the molecule is Cc1c(-c2cc(N3C(=O)C4CC5C(=CCC6C(=O)N(c7ccc(N8CCOCC8)cc7)C(=O)C65)C(C5=COc6ccc(O)cc6C5)C4(C)C3=O)n(C)n2)sc2ccc(Cl)cc12. The highest BCUT2D eigenvalue weighted by atomic mass is 35.5. The van der Waals surface area contributed by atoms with E-state index in [0.29, 0.717) is 54.0 Å². The molecule has 14 heteroatoms. The predicted molar refractivity (Wildman–Crippen MR) is 232 cm³/mol. The average Bonchev–Trinajstić information content (AvgIpc) is 3.93. The second-order valence-electron chi connectivity index (χ2n) is 17.3. The molecule has 6 heterocycles. The van der Waals surface area contributed by atoms with Gasteiger partial charge in [0.2, 0.25) is 23.6 Å². The number of aryl methyl sites for hydroxylation is 2. The normalized spacial score (nSPS) is 27.1. The van der Waals surface area contributed by atoms with Crippen LogP contribution in [0.2, 0.25) is 5.02 Å². The number of ether oxygens (including phenoxy) is 2. The zero-order chi connectivity index (χ0) is 42.1. The van der Waals surface area contributed by atoms with E-state index in [1.165, 1.54) is 9.80 Å². The van der Waals surface area contributed by atoms with Crippen LogP contribution in [0.1, 0.15) is 30.9 Å². The number of halogens is 1. The van der Waals surface area contributed by atoms with Crippen molar-refractivity contribution in [1.82, 2.24) is 9.78 Å². The third-order valence-corrected chi connectivity index (χ3v) is 15.7. The minimum absolute atomic E-state index is 0.0874. The van der Waals surface area contributed by atoms with Crippen LogP contribution in [0.3, 0.4) is 0 Å². The largest absolute Gasteiger partial charge is 0.508 e. The van der Waals surface area contributed by atoms with Crippen LogP contribution in [0.5, 0.6) is 11.5 Å². The van der Waals surface area contributed by atoms with Crippen LogP contribution in [0, 0.1) is 41.9 Å². The van der Waals surface area contributed by atoms with Gasteiger partial charge in [0.15, 0.2) is 0 Å². The number of nitrogens with zero attached hydrogens (tertiary/aromatic N) is 5. The number of rotatable bonds is 5. The number of aromatic nitrogens is 2. The van der Waals surface area contributed by atoms with Crippen molar-refractivity contribution in [1.29, 1.82) is 0 Å². The van der Waals surface area contributed by atoms with E-state index in [2.05, 4.69) is 4.90 Å². The highest BCUT2D eigenvalue weighted by Crippen LogP contribution is 2.63. The number of fused-ring (bicyclic) bond motifs is 6. The summed E-state index contributed by atoms with van der Waals surface area (Å²) >= 11 is 7.93. The van der Waals surface area contributed by atoms with Crippen molar-refractivity contribution in [3.8, 4) is 22.1 Å². The Morgan fingerprint density at radius 2 is 1.67 bits per heavy atom. The molecular weight excluding hydrogens is 814 g/mol. The predicted octanol–water partition coefficient (Wildman–Crippen LogP) is 7.59. The standard InChI is InChI=1S/C47H42ClN5O7S/c1-24-33-20-27(48)4-13-38(33)61-42(24)36-22-39(50(3)49-36)53-44(56)35-21-34-31(41(47(35,2)46(53)58)26-18-25-19-30(54)9-12-37(25)60-23-26)10-11-32-40(34)45(57)52(43(32)55)29-7-5-28(6-8-29)51-14-16-59-17-15-51/h4-10,12-13,19-20,22-23,32,34-35,40-41,54H,11,14-18,21H2,1-3H3. The number of carbonyl (C=O) groups is 4. The Morgan fingerprint density at radius 1 is 0.902 bits per heavy atom. The Kier molecular flexibility index (Phi) is 8.69. The van der Waals surface area contributed by atoms with Crippen molar-refractivity contribution in [3.05, 3.63) is 106 Å². The lowest BCUT2D eigenvalue weighted by molar-refractivity contribution is -0.132. The third-order valence-electron chi connectivity index (χ3n) is 14.1. The van der Waals surface area contributed by atoms with Crippen LogP contribution in [-0.4, -0.2) is 64.8 Å². The van der Waals surface area contributed by atoms with Gasteiger partial charge in [-0.3, -0.25) is 28.8 Å². The Morgan fingerprint density at radius 3 is 2.46 bits per heavy atom. The smallest absolute Gasteiger partial charge is 0.242 e. The van der Waals surface area contributed by atoms with Crippen LogP contribution >= 0.6 is 22.9 Å². The molecular formula is C47H42ClN5O7S. The zero-order valence-electron chi connectivity index (χ0n) is 33.8. The molecule has 12 nitrogen and oxygen atoms in total. The first-order valence-corrected chi connectivity index (χ1v) is 21.9. The lowest BCUT2D eigenvalue weighted by Gasteiger charge is -2.49. The number of anilines is 3. The van der Waals surface area contributed by atoms with Gasteiger partial charge >= 0.3 is 0 Å². The molecule has 0 spiro atoms. The van der Waals surface area contributed by atoms with Crippen molar-refractivity contribution in [2.45, 2.75) is 33.1 Å². The second-order valence-corrected chi connectivity index (χ2v) is 18.8. The summed E-state index contributed by atoms with van der Waals surface area (Å²) in [4.78, 5) is 65.3. The molecule has 4 fully saturated rings. The number of thiophene rings is 1.